The molecule has 0 aromatic heterocycles. The van der Waals surface area contributed by atoms with Gasteiger partial charge in [0.2, 0.25) is 0 Å². The second-order valence-corrected chi connectivity index (χ2v) is 6.08. The maximum Gasteiger partial charge on any atom is 0.264 e. The molecular formula is C13H10ClF2NO3S. The van der Waals surface area contributed by atoms with Crippen LogP contribution >= 0.6 is 11.6 Å². The first kappa shape index (κ1) is 15.5. The van der Waals surface area contributed by atoms with E-state index < -0.39 is 26.6 Å². The first-order valence-corrected chi connectivity index (χ1v) is 7.51. The molecule has 0 aliphatic carbocycles. The Morgan fingerprint density at radius 3 is 2.48 bits per heavy atom. The Morgan fingerprint density at radius 1 is 1.14 bits per heavy atom. The van der Waals surface area contributed by atoms with Crippen molar-refractivity contribution in [1.82, 2.24) is 0 Å². The molecule has 2 aromatic rings. The fourth-order valence-electron chi connectivity index (χ4n) is 1.60. The van der Waals surface area contributed by atoms with Crippen molar-refractivity contribution in [3.05, 3.63) is 53.1 Å². The molecule has 21 heavy (non-hydrogen) atoms. The smallest absolute Gasteiger partial charge is 0.264 e. The molecule has 0 radical (unpaired) electrons. The Hall–Kier alpha value is -1.86. The molecule has 0 aliphatic heterocycles. The van der Waals surface area contributed by atoms with E-state index in [1.54, 1.807) is 0 Å². The molecule has 0 saturated heterocycles. The molecule has 0 saturated carbocycles. The molecule has 2 aromatic carbocycles. The molecule has 1 N–H and O–H groups in total. The van der Waals surface area contributed by atoms with E-state index in [-0.39, 0.29) is 16.5 Å². The van der Waals surface area contributed by atoms with Crippen molar-refractivity contribution in [2.75, 3.05) is 11.8 Å². The fraction of sp³-hybridized carbons (Fsp3) is 0.0769. The molecule has 2 rings (SSSR count). The van der Waals surface area contributed by atoms with Crippen LogP contribution in [0.25, 0.3) is 0 Å². The van der Waals surface area contributed by atoms with Crippen LogP contribution in [0.2, 0.25) is 5.02 Å². The van der Waals surface area contributed by atoms with E-state index in [0.29, 0.717) is 0 Å². The van der Waals surface area contributed by atoms with Crippen LogP contribution in [0.1, 0.15) is 0 Å². The number of rotatable bonds is 4. The Kier molecular flexibility index (Phi) is 4.34. The van der Waals surface area contributed by atoms with Crippen LogP contribution in [-0.2, 0) is 10.0 Å². The topological polar surface area (TPSA) is 55.4 Å². The maximum atomic E-state index is 13.8. The molecule has 4 nitrogen and oxygen atoms in total. The van der Waals surface area contributed by atoms with Gasteiger partial charge in [0, 0.05) is 6.07 Å². The highest BCUT2D eigenvalue weighted by Gasteiger charge is 2.21. The van der Waals surface area contributed by atoms with Crippen LogP contribution in [0, 0.1) is 11.6 Å². The van der Waals surface area contributed by atoms with Gasteiger partial charge >= 0.3 is 0 Å². The van der Waals surface area contributed by atoms with Gasteiger partial charge in [-0.3, -0.25) is 4.72 Å². The minimum absolute atomic E-state index is 0.00565. The second kappa shape index (κ2) is 5.87. The van der Waals surface area contributed by atoms with E-state index in [4.69, 9.17) is 16.3 Å². The largest absolute Gasteiger partial charge is 0.497 e. The highest BCUT2D eigenvalue weighted by Crippen LogP contribution is 2.27. The number of methoxy groups -OCH3 is 1. The molecule has 0 aliphatic rings. The van der Waals surface area contributed by atoms with Gasteiger partial charge in [-0.25, -0.2) is 17.2 Å². The maximum absolute atomic E-state index is 13.8. The third-order valence-electron chi connectivity index (χ3n) is 2.60. The third kappa shape index (κ3) is 3.43. The molecular weight excluding hydrogens is 324 g/mol. The van der Waals surface area contributed by atoms with Gasteiger partial charge in [0.1, 0.15) is 22.3 Å². The van der Waals surface area contributed by atoms with Crippen molar-refractivity contribution in [3.63, 3.8) is 0 Å². The van der Waals surface area contributed by atoms with Crippen LogP contribution in [0.3, 0.4) is 0 Å². The Morgan fingerprint density at radius 2 is 1.86 bits per heavy atom. The normalized spacial score (nSPS) is 11.2. The third-order valence-corrected chi connectivity index (χ3v) is 4.33. The highest BCUT2D eigenvalue weighted by atomic mass is 35.5. The SMILES string of the molecule is COc1ccc(S(=O)(=O)Nc2cc(F)ccc2Cl)c(F)c1. The van der Waals surface area contributed by atoms with E-state index in [2.05, 4.69) is 0 Å². The van der Waals surface area contributed by atoms with Crippen LogP contribution < -0.4 is 9.46 Å². The minimum Gasteiger partial charge on any atom is -0.497 e. The van der Waals surface area contributed by atoms with E-state index in [1.807, 2.05) is 4.72 Å². The quantitative estimate of drug-likeness (QED) is 0.932. The summed E-state index contributed by atoms with van der Waals surface area (Å²) in [5, 5.41) is -0.00565. The molecule has 0 fully saturated rings. The first-order valence-electron chi connectivity index (χ1n) is 5.65. The van der Waals surface area contributed by atoms with E-state index in [9.17, 15) is 17.2 Å². The summed E-state index contributed by atoms with van der Waals surface area (Å²) in [4.78, 5) is -0.594. The number of sulfonamides is 1. The predicted molar refractivity (Wildman–Crippen MR) is 75.2 cm³/mol. The summed E-state index contributed by atoms with van der Waals surface area (Å²) in [7, 11) is -2.91. The lowest BCUT2D eigenvalue weighted by atomic mass is 10.3. The summed E-state index contributed by atoms with van der Waals surface area (Å²) < 4.78 is 58.0. The summed E-state index contributed by atoms with van der Waals surface area (Å²) in [5.74, 6) is -1.49. The molecule has 0 bridgehead atoms. The van der Waals surface area contributed by atoms with E-state index in [0.717, 1.165) is 24.3 Å². The average molecular weight is 334 g/mol. The standard InChI is InChI=1S/C13H10ClF2NO3S/c1-20-9-3-5-13(11(16)7-9)21(18,19)17-12-6-8(15)2-4-10(12)14/h2-7,17H,1H3. The number of hydrogen-bond acceptors (Lipinski definition) is 3. The van der Waals surface area contributed by atoms with Crippen molar-refractivity contribution in [3.8, 4) is 5.75 Å². The lowest BCUT2D eigenvalue weighted by Gasteiger charge is -2.11. The number of anilines is 1. The molecule has 112 valence electrons. The molecule has 0 spiro atoms. The molecule has 8 heteroatoms. The van der Waals surface area contributed by atoms with E-state index in [1.165, 1.54) is 19.2 Å². The Labute approximate surface area is 125 Å². The molecule has 0 heterocycles. The molecule has 0 unspecified atom stereocenters. The van der Waals surface area contributed by atoms with Gasteiger partial charge in [-0.15, -0.1) is 0 Å². The van der Waals surface area contributed by atoms with Crippen LogP contribution in [0.4, 0.5) is 14.5 Å². The average Bonchev–Trinajstić information content (AvgIpc) is 2.42. The number of benzene rings is 2. The Bertz CT molecular complexity index is 781. The summed E-state index contributed by atoms with van der Waals surface area (Å²) in [6.45, 7) is 0. The summed E-state index contributed by atoms with van der Waals surface area (Å²) in [6.07, 6.45) is 0. The van der Waals surface area contributed by atoms with Gasteiger partial charge in [0.15, 0.2) is 0 Å². The van der Waals surface area contributed by atoms with Gasteiger partial charge in [-0.05, 0) is 30.3 Å². The minimum atomic E-state index is -4.24. The van der Waals surface area contributed by atoms with Crippen LogP contribution in [-0.4, -0.2) is 15.5 Å². The summed E-state index contributed by atoms with van der Waals surface area (Å²) in [6, 6.07) is 6.45. The van der Waals surface area contributed by atoms with E-state index >= 15 is 0 Å². The summed E-state index contributed by atoms with van der Waals surface area (Å²) >= 11 is 5.77. The van der Waals surface area contributed by atoms with Crippen molar-refractivity contribution in [1.29, 1.82) is 0 Å². The monoisotopic (exact) mass is 333 g/mol. The second-order valence-electron chi connectivity index (χ2n) is 4.03. The van der Waals surface area contributed by atoms with Crippen molar-refractivity contribution >= 4 is 27.3 Å². The summed E-state index contributed by atoms with van der Waals surface area (Å²) in [5.41, 5.74) is -0.174. The lowest BCUT2D eigenvalue weighted by Crippen LogP contribution is -2.15. The predicted octanol–water partition coefficient (Wildman–Crippen LogP) is 3.43. The van der Waals surface area contributed by atoms with Gasteiger partial charge in [-0.2, -0.15) is 0 Å². The fourth-order valence-corrected chi connectivity index (χ4v) is 2.95. The van der Waals surface area contributed by atoms with Crippen molar-refractivity contribution < 1.29 is 21.9 Å². The lowest BCUT2D eigenvalue weighted by molar-refractivity contribution is 0.410. The zero-order chi connectivity index (χ0) is 15.6. The number of hydrogen-bond donors (Lipinski definition) is 1. The first-order chi connectivity index (χ1) is 9.83. The van der Waals surface area contributed by atoms with Crippen molar-refractivity contribution in [2.45, 2.75) is 4.90 Å². The Balaban J connectivity index is 2.41. The highest BCUT2D eigenvalue weighted by molar-refractivity contribution is 7.92. The zero-order valence-corrected chi connectivity index (χ0v) is 12.3. The number of nitrogens with one attached hydrogen (secondary N) is 1. The molecule has 0 atom stereocenters. The van der Waals surface area contributed by atoms with Crippen LogP contribution in [0.15, 0.2) is 41.3 Å². The van der Waals surface area contributed by atoms with Gasteiger partial charge < -0.3 is 4.74 Å². The number of halogens is 3. The van der Waals surface area contributed by atoms with Gasteiger partial charge in [0.05, 0.1) is 17.8 Å². The van der Waals surface area contributed by atoms with Gasteiger partial charge in [-0.1, -0.05) is 11.6 Å². The van der Waals surface area contributed by atoms with Gasteiger partial charge in [0.25, 0.3) is 10.0 Å². The van der Waals surface area contributed by atoms with Crippen molar-refractivity contribution in [2.24, 2.45) is 0 Å². The zero-order valence-electron chi connectivity index (χ0n) is 10.7. The molecule has 0 amide bonds. The number of ether oxygens (including phenoxy) is 1. The van der Waals surface area contributed by atoms with Crippen LogP contribution in [0.5, 0.6) is 5.75 Å².